The van der Waals surface area contributed by atoms with Gasteiger partial charge in [0, 0.05) is 0 Å². The van der Waals surface area contributed by atoms with Crippen LogP contribution in [0.3, 0.4) is 0 Å². The van der Waals surface area contributed by atoms with E-state index in [1.54, 1.807) is 15.9 Å². The second-order valence-electron chi connectivity index (χ2n) is 0. The predicted octanol–water partition coefficient (Wildman–Crippen LogP) is -0.520. The third-order valence-electron chi connectivity index (χ3n) is 0. The summed E-state index contributed by atoms with van der Waals surface area (Å²) in [7, 11) is 0. The SMILES string of the molecule is C#C.[LiH].[O]=[Mn]. The van der Waals surface area contributed by atoms with Crippen LogP contribution in [0.4, 0.5) is 0 Å². The molecule has 0 unspecified atom stereocenters. The van der Waals surface area contributed by atoms with Gasteiger partial charge in [0.05, 0.1) is 0 Å². The van der Waals surface area contributed by atoms with Gasteiger partial charge >= 0.3 is 38.6 Å². The Labute approximate surface area is 51.7 Å². The number of rotatable bonds is 0. The van der Waals surface area contributed by atoms with Gasteiger partial charge in [-0.15, -0.1) is 12.8 Å². The molecule has 0 bridgehead atoms. The Morgan fingerprint density at radius 2 is 1.20 bits per heavy atom. The summed E-state index contributed by atoms with van der Waals surface area (Å²) in [5.74, 6) is 0. The van der Waals surface area contributed by atoms with Gasteiger partial charge in [0.1, 0.15) is 0 Å². The summed E-state index contributed by atoms with van der Waals surface area (Å²) in [6.07, 6.45) is 8.00. The zero-order valence-electron chi connectivity index (χ0n) is 1.94. The molecule has 0 aliphatic heterocycles. The molecule has 0 aromatic rings. The normalized spacial score (nSPS) is 1.20. The standard InChI is InChI=1S/C2H2.Li.Mn.O.H/c1-2;;;;/h1-2H;;;;. The van der Waals surface area contributed by atoms with Crippen molar-refractivity contribution in [2.45, 2.75) is 0 Å². The Kier molecular flexibility index (Phi) is 852. The Hall–Kier alpha value is 0.477. The molecule has 0 amide bonds. The van der Waals surface area contributed by atoms with Gasteiger partial charge in [-0.1, -0.05) is 0 Å². The summed E-state index contributed by atoms with van der Waals surface area (Å²) >= 11 is 1.69. The van der Waals surface area contributed by atoms with Crippen LogP contribution in [0.5, 0.6) is 0 Å². The van der Waals surface area contributed by atoms with Gasteiger partial charge < -0.3 is 0 Å². The van der Waals surface area contributed by atoms with Crippen molar-refractivity contribution in [3.8, 4) is 12.8 Å². The summed E-state index contributed by atoms with van der Waals surface area (Å²) < 4.78 is 8.06. The molecule has 0 fully saturated rings. The van der Waals surface area contributed by atoms with E-state index in [2.05, 4.69) is 12.8 Å². The first-order valence-electron chi connectivity index (χ1n) is 0.488. The van der Waals surface area contributed by atoms with Crippen molar-refractivity contribution in [3.63, 3.8) is 0 Å². The zero-order valence-corrected chi connectivity index (χ0v) is 3.12. The average Bonchev–Trinajstić information content (AvgIpc) is 1.50. The predicted molar refractivity (Wildman–Crippen MR) is 17.7 cm³/mol. The maximum atomic E-state index is 8.06. The topological polar surface area (TPSA) is 17.1 Å². The van der Waals surface area contributed by atoms with Crippen LogP contribution in [0.2, 0.25) is 0 Å². The quantitative estimate of drug-likeness (QED) is 0.299. The summed E-state index contributed by atoms with van der Waals surface area (Å²) in [5.41, 5.74) is 0. The summed E-state index contributed by atoms with van der Waals surface area (Å²) in [6.45, 7) is 0. The van der Waals surface area contributed by atoms with Crippen molar-refractivity contribution in [2.75, 3.05) is 0 Å². The van der Waals surface area contributed by atoms with Crippen molar-refractivity contribution in [3.05, 3.63) is 0 Å². The van der Waals surface area contributed by atoms with E-state index in [0.717, 1.165) is 0 Å². The van der Waals surface area contributed by atoms with Crippen molar-refractivity contribution < 1.29 is 19.8 Å². The summed E-state index contributed by atoms with van der Waals surface area (Å²) in [5, 5.41) is 0. The third-order valence-corrected chi connectivity index (χ3v) is 0. The van der Waals surface area contributed by atoms with Gasteiger partial charge in [0.25, 0.3) is 0 Å². The van der Waals surface area contributed by atoms with E-state index in [0.29, 0.717) is 0 Å². The van der Waals surface area contributed by atoms with Gasteiger partial charge in [-0.25, -0.2) is 0 Å². The molecule has 0 radical (unpaired) electrons. The molecule has 25 valence electrons. The van der Waals surface area contributed by atoms with E-state index < -0.39 is 0 Å². The molecule has 0 saturated carbocycles. The van der Waals surface area contributed by atoms with Gasteiger partial charge in [0.15, 0.2) is 0 Å². The molecular weight excluding hydrogens is 102 g/mol. The fourth-order valence-electron chi connectivity index (χ4n) is 0. The molecule has 0 heterocycles. The Morgan fingerprint density at radius 1 is 1.20 bits per heavy atom. The first-order chi connectivity index (χ1) is 2.00. The fraction of sp³-hybridized carbons (Fsp3) is 0. The second-order valence-corrected chi connectivity index (χ2v) is 0. The third kappa shape index (κ3) is 121. The Balaban J connectivity index is -0.0000000133. The van der Waals surface area contributed by atoms with E-state index in [1.165, 1.54) is 0 Å². The molecule has 3 heteroatoms. The Bertz CT molecular complexity index is 20.9. The van der Waals surface area contributed by atoms with Gasteiger partial charge in [-0.05, 0) is 0 Å². The monoisotopic (exact) mass is 105 g/mol. The van der Waals surface area contributed by atoms with E-state index in [9.17, 15) is 0 Å². The molecule has 0 aliphatic rings. The van der Waals surface area contributed by atoms with Crippen LogP contribution >= 0.6 is 0 Å². The second kappa shape index (κ2) is 238. The van der Waals surface area contributed by atoms with Crippen LogP contribution in [0.25, 0.3) is 0 Å². The molecular formula is C2H3LiMnO. The molecule has 0 rings (SSSR count). The number of hydrogen-bond acceptors (Lipinski definition) is 1. The zero-order chi connectivity index (χ0) is 4.00. The first kappa shape index (κ1) is 17.9. The molecule has 0 aromatic heterocycles. The first-order valence-corrected chi connectivity index (χ1v) is 0.970. The van der Waals surface area contributed by atoms with E-state index in [-0.39, 0.29) is 18.9 Å². The molecule has 0 spiro atoms. The molecule has 0 aromatic carbocycles. The number of hydrogen-bond donors (Lipinski definition) is 0. The van der Waals surface area contributed by atoms with E-state index in [4.69, 9.17) is 3.83 Å². The number of terminal acetylenes is 1. The average molecular weight is 105 g/mol. The van der Waals surface area contributed by atoms with Crippen LogP contribution in [0.15, 0.2) is 0 Å². The Morgan fingerprint density at radius 3 is 1.20 bits per heavy atom. The van der Waals surface area contributed by atoms with Gasteiger partial charge in [-0.2, -0.15) is 0 Å². The maximum absolute atomic E-state index is 8.06. The van der Waals surface area contributed by atoms with Crippen molar-refractivity contribution in [2.24, 2.45) is 0 Å². The summed E-state index contributed by atoms with van der Waals surface area (Å²) in [4.78, 5) is 0. The van der Waals surface area contributed by atoms with Crippen LogP contribution in [0.1, 0.15) is 0 Å². The molecule has 0 aliphatic carbocycles. The molecule has 0 N–H and O–H groups in total. The molecule has 5 heavy (non-hydrogen) atoms. The van der Waals surface area contributed by atoms with Crippen molar-refractivity contribution >= 4 is 18.9 Å². The van der Waals surface area contributed by atoms with E-state index in [1.807, 2.05) is 0 Å². The van der Waals surface area contributed by atoms with Gasteiger partial charge in [0.2, 0.25) is 0 Å². The van der Waals surface area contributed by atoms with Crippen LogP contribution in [0, 0.1) is 12.8 Å². The molecule has 0 atom stereocenters. The molecule has 0 saturated heterocycles. The summed E-state index contributed by atoms with van der Waals surface area (Å²) in [6, 6.07) is 0. The molecule has 1 nitrogen and oxygen atoms in total. The van der Waals surface area contributed by atoms with Crippen molar-refractivity contribution in [1.29, 1.82) is 0 Å². The fourth-order valence-corrected chi connectivity index (χ4v) is 0. The minimum absolute atomic E-state index is 0. The van der Waals surface area contributed by atoms with Crippen LogP contribution in [-0.2, 0) is 19.8 Å². The van der Waals surface area contributed by atoms with Crippen LogP contribution in [-0.4, -0.2) is 18.9 Å². The minimum atomic E-state index is 0. The van der Waals surface area contributed by atoms with Crippen LogP contribution < -0.4 is 0 Å². The van der Waals surface area contributed by atoms with E-state index >= 15 is 0 Å². The van der Waals surface area contributed by atoms with Crippen molar-refractivity contribution in [1.82, 2.24) is 0 Å². The van der Waals surface area contributed by atoms with Gasteiger partial charge in [-0.3, -0.25) is 0 Å².